The molecular weight excluding hydrogens is 259 g/mol. The van der Waals surface area contributed by atoms with Crippen LogP contribution in [0.2, 0.25) is 0 Å². The van der Waals surface area contributed by atoms with Crippen molar-refractivity contribution in [1.82, 2.24) is 9.55 Å². The number of nitrogens with one attached hydrogen (secondary N) is 1. The molecule has 1 aliphatic rings. The number of aryl methyl sites for hydroxylation is 1. The molecule has 1 aromatic heterocycles. The highest BCUT2D eigenvalue weighted by Gasteiger charge is 2.42. The molecule has 19 heavy (non-hydrogen) atoms. The predicted octanol–water partition coefficient (Wildman–Crippen LogP) is 4.73. The monoisotopic (exact) mass is 278 g/mol. The van der Waals surface area contributed by atoms with Gasteiger partial charge in [-0.25, -0.2) is 4.39 Å². The number of hydrogen-bond acceptors (Lipinski definition) is 1. The van der Waals surface area contributed by atoms with Crippen molar-refractivity contribution in [2.45, 2.75) is 46.1 Å². The van der Waals surface area contributed by atoms with Gasteiger partial charge < -0.3 is 9.55 Å². The number of fused-ring (bicyclic) bond motifs is 1. The molecule has 4 heteroatoms. The molecular formula is C15H19FN2S. The number of aromatic nitrogens is 2. The molecule has 0 saturated heterocycles. The summed E-state index contributed by atoms with van der Waals surface area (Å²) >= 11 is 5.40. The molecule has 2 aromatic rings. The van der Waals surface area contributed by atoms with Crippen LogP contribution in [0.15, 0.2) is 12.1 Å². The number of nitrogens with zero attached hydrogens (tertiary/aromatic N) is 1. The van der Waals surface area contributed by atoms with Gasteiger partial charge in [-0.2, -0.15) is 0 Å². The summed E-state index contributed by atoms with van der Waals surface area (Å²) in [5.41, 5.74) is 2.95. The summed E-state index contributed by atoms with van der Waals surface area (Å²) in [6, 6.07) is 3.45. The molecule has 3 rings (SSSR count). The van der Waals surface area contributed by atoms with Crippen molar-refractivity contribution < 1.29 is 4.39 Å². The molecule has 0 amide bonds. The topological polar surface area (TPSA) is 20.7 Å². The van der Waals surface area contributed by atoms with E-state index in [1.165, 1.54) is 25.7 Å². The lowest BCUT2D eigenvalue weighted by Gasteiger charge is -2.15. The van der Waals surface area contributed by atoms with E-state index in [9.17, 15) is 4.39 Å². The number of aromatic amines is 1. The molecule has 1 saturated carbocycles. The number of H-pyrrole nitrogens is 1. The highest BCUT2D eigenvalue weighted by Crippen LogP contribution is 2.51. The number of rotatable bonds is 4. The molecule has 1 N–H and O–H groups in total. The Morgan fingerprint density at radius 2 is 2.16 bits per heavy atom. The van der Waals surface area contributed by atoms with Crippen LogP contribution < -0.4 is 0 Å². The number of halogens is 1. The van der Waals surface area contributed by atoms with Crippen molar-refractivity contribution in [3.05, 3.63) is 28.3 Å². The summed E-state index contributed by atoms with van der Waals surface area (Å²) in [5, 5.41) is 0. The Hall–Kier alpha value is -1.16. The Kier molecular flexibility index (Phi) is 3.01. The molecule has 0 aliphatic heterocycles. The first-order valence-electron chi connectivity index (χ1n) is 6.93. The van der Waals surface area contributed by atoms with Crippen molar-refractivity contribution in [3.63, 3.8) is 0 Å². The molecule has 2 nitrogen and oxygen atoms in total. The fraction of sp³-hybridized carbons (Fsp3) is 0.533. The lowest BCUT2D eigenvalue weighted by Crippen LogP contribution is -2.11. The fourth-order valence-electron chi connectivity index (χ4n) is 2.97. The van der Waals surface area contributed by atoms with Crippen LogP contribution in [-0.4, -0.2) is 9.55 Å². The lowest BCUT2D eigenvalue weighted by atomic mass is 10.0. The Bertz CT molecular complexity index is 679. The van der Waals surface area contributed by atoms with E-state index in [-0.39, 0.29) is 5.82 Å². The number of benzene rings is 1. The van der Waals surface area contributed by atoms with Gasteiger partial charge in [0.15, 0.2) is 4.77 Å². The molecule has 102 valence electrons. The van der Waals surface area contributed by atoms with Crippen LogP contribution in [0.4, 0.5) is 4.39 Å². The number of hydrogen-bond donors (Lipinski definition) is 1. The van der Waals surface area contributed by atoms with Crippen molar-refractivity contribution in [2.24, 2.45) is 5.41 Å². The molecule has 1 aromatic carbocycles. The smallest absolute Gasteiger partial charge is 0.178 e. The van der Waals surface area contributed by atoms with Crippen LogP contribution in [0.5, 0.6) is 0 Å². The molecule has 1 aliphatic carbocycles. The van der Waals surface area contributed by atoms with E-state index in [1.807, 2.05) is 6.07 Å². The highest BCUT2D eigenvalue weighted by molar-refractivity contribution is 7.71. The molecule has 0 unspecified atom stereocenters. The van der Waals surface area contributed by atoms with E-state index in [2.05, 4.69) is 16.5 Å². The zero-order valence-corrected chi connectivity index (χ0v) is 12.2. The van der Waals surface area contributed by atoms with Crippen LogP contribution in [0, 0.1) is 22.9 Å². The van der Waals surface area contributed by atoms with Crippen LogP contribution in [0.1, 0.15) is 38.2 Å². The van der Waals surface area contributed by atoms with Gasteiger partial charge in [0.25, 0.3) is 0 Å². The average Bonchev–Trinajstić information content (AvgIpc) is 3.05. The van der Waals surface area contributed by atoms with Gasteiger partial charge in [0.05, 0.1) is 11.0 Å². The summed E-state index contributed by atoms with van der Waals surface area (Å²) in [4.78, 5) is 3.13. The Balaban J connectivity index is 2.06. The second-order valence-electron chi connectivity index (χ2n) is 5.88. The van der Waals surface area contributed by atoms with E-state index in [1.54, 1.807) is 13.0 Å². The van der Waals surface area contributed by atoms with Gasteiger partial charge in [-0.05, 0) is 61.5 Å². The summed E-state index contributed by atoms with van der Waals surface area (Å²) < 4.78 is 16.5. The molecule has 0 radical (unpaired) electrons. The van der Waals surface area contributed by atoms with E-state index in [4.69, 9.17) is 12.2 Å². The van der Waals surface area contributed by atoms with E-state index < -0.39 is 0 Å². The van der Waals surface area contributed by atoms with Crippen molar-refractivity contribution in [3.8, 4) is 0 Å². The first-order valence-corrected chi connectivity index (χ1v) is 7.34. The third-order valence-corrected chi connectivity index (χ3v) is 4.61. The summed E-state index contributed by atoms with van der Waals surface area (Å²) in [6.45, 7) is 4.99. The van der Waals surface area contributed by atoms with Crippen molar-refractivity contribution in [1.29, 1.82) is 0 Å². The predicted molar refractivity (Wildman–Crippen MR) is 78.4 cm³/mol. The van der Waals surface area contributed by atoms with Crippen molar-refractivity contribution >= 4 is 23.3 Å². The molecule has 1 fully saturated rings. The third kappa shape index (κ3) is 2.22. The van der Waals surface area contributed by atoms with Gasteiger partial charge in [0.2, 0.25) is 0 Å². The summed E-state index contributed by atoms with van der Waals surface area (Å²) in [6.07, 6.45) is 5.04. The van der Waals surface area contributed by atoms with Crippen LogP contribution >= 0.6 is 12.2 Å². The summed E-state index contributed by atoms with van der Waals surface area (Å²) in [7, 11) is 0. The zero-order chi connectivity index (χ0) is 13.6. The largest absolute Gasteiger partial charge is 0.330 e. The van der Waals surface area contributed by atoms with Crippen LogP contribution in [0.25, 0.3) is 11.0 Å². The Labute approximate surface area is 117 Å². The quantitative estimate of drug-likeness (QED) is 0.802. The van der Waals surface area contributed by atoms with Crippen LogP contribution in [0.3, 0.4) is 0 Å². The van der Waals surface area contributed by atoms with E-state index in [0.29, 0.717) is 15.7 Å². The van der Waals surface area contributed by atoms with E-state index in [0.717, 1.165) is 17.6 Å². The standard InChI is InChI=1S/C15H19FN2S/c1-3-4-15(5-6-15)9-18-13-7-10(2)11(16)8-12(13)17-14(18)19/h7-8H,3-6,9H2,1-2H3,(H,17,19). The number of imidazole rings is 1. The average molecular weight is 278 g/mol. The normalized spacial score (nSPS) is 17.0. The SMILES string of the molecule is CCCC1(Cn2c(=S)[nH]c3cc(F)c(C)cc32)CC1. The summed E-state index contributed by atoms with van der Waals surface area (Å²) in [5.74, 6) is -0.175. The van der Waals surface area contributed by atoms with Gasteiger partial charge in [0.1, 0.15) is 5.82 Å². The second-order valence-corrected chi connectivity index (χ2v) is 6.27. The first-order chi connectivity index (χ1) is 9.04. The maximum Gasteiger partial charge on any atom is 0.178 e. The fourth-order valence-corrected chi connectivity index (χ4v) is 3.24. The first kappa shape index (κ1) is 12.9. The molecule has 0 bridgehead atoms. The van der Waals surface area contributed by atoms with Crippen LogP contribution in [-0.2, 0) is 6.54 Å². The Morgan fingerprint density at radius 3 is 2.79 bits per heavy atom. The van der Waals surface area contributed by atoms with Crippen molar-refractivity contribution in [2.75, 3.05) is 0 Å². The van der Waals surface area contributed by atoms with E-state index >= 15 is 0 Å². The minimum Gasteiger partial charge on any atom is -0.330 e. The maximum absolute atomic E-state index is 13.6. The minimum absolute atomic E-state index is 0.175. The minimum atomic E-state index is -0.175. The third-order valence-electron chi connectivity index (χ3n) is 4.29. The van der Waals surface area contributed by atoms with Gasteiger partial charge >= 0.3 is 0 Å². The zero-order valence-electron chi connectivity index (χ0n) is 11.4. The molecule has 0 spiro atoms. The molecule has 0 atom stereocenters. The van der Waals surface area contributed by atoms with Gasteiger partial charge in [-0.15, -0.1) is 0 Å². The lowest BCUT2D eigenvalue weighted by molar-refractivity contribution is 0.391. The van der Waals surface area contributed by atoms with Gasteiger partial charge in [-0.1, -0.05) is 13.3 Å². The van der Waals surface area contributed by atoms with Gasteiger partial charge in [0, 0.05) is 6.54 Å². The van der Waals surface area contributed by atoms with Gasteiger partial charge in [-0.3, -0.25) is 0 Å². The second kappa shape index (κ2) is 4.44. The maximum atomic E-state index is 13.6. The molecule has 1 heterocycles. The Morgan fingerprint density at radius 1 is 1.42 bits per heavy atom. The highest BCUT2D eigenvalue weighted by atomic mass is 32.1.